The summed E-state index contributed by atoms with van der Waals surface area (Å²) in [7, 11) is 0. The highest BCUT2D eigenvalue weighted by Gasteiger charge is 1.95. The number of nitrogens with one attached hydrogen (secondary N) is 1. The number of rotatable bonds is 2. The molecule has 1 rings (SSSR count). The average Bonchev–Trinajstić information content (AvgIpc) is 2.20. The van der Waals surface area contributed by atoms with E-state index in [9.17, 15) is 4.39 Å². The van der Waals surface area contributed by atoms with Gasteiger partial charge in [0.25, 0.3) is 0 Å². The van der Waals surface area contributed by atoms with Gasteiger partial charge in [0.05, 0.1) is 6.21 Å². The third kappa shape index (κ3) is 3.02. The van der Waals surface area contributed by atoms with Gasteiger partial charge in [-0.25, -0.2) is 9.82 Å². The van der Waals surface area contributed by atoms with Crippen LogP contribution in [0.25, 0.3) is 0 Å². The first-order valence-electron chi connectivity index (χ1n) is 3.72. The average molecular weight is 215 g/mol. The smallest absolute Gasteiger partial charge is 0.226 e. The van der Waals surface area contributed by atoms with Crippen LogP contribution in [0.15, 0.2) is 33.9 Å². The molecule has 3 N–H and O–H groups in total. The number of guanidine groups is 1. The van der Waals surface area contributed by atoms with Crippen molar-refractivity contribution in [1.82, 2.24) is 5.43 Å². The van der Waals surface area contributed by atoms with Crippen molar-refractivity contribution in [1.29, 1.82) is 0 Å². The lowest BCUT2D eigenvalue weighted by Gasteiger charge is -1.96. The maximum absolute atomic E-state index is 13.0. The lowest BCUT2D eigenvalue weighted by Crippen LogP contribution is -2.26. The molecule has 0 spiro atoms. The van der Waals surface area contributed by atoms with Crippen LogP contribution >= 0.6 is 11.8 Å². The molecule has 0 bridgehead atoms. The zero-order valence-corrected chi connectivity index (χ0v) is 7.87. The van der Waals surface area contributed by atoms with Crippen molar-refractivity contribution < 1.29 is 4.39 Å². The van der Waals surface area contributed by atoms with Crippen molar-refractivity contribution in [3.05, 3.63) is 35.6 Å². The second-order valence-electron chi connectivity index (χ2n) is 2.36. The van der Waals surface area contributed by atoms with Crippen molar-refractivity contribution in [2.24, 2.45) is 15.3 Å². The molecule has 0 saturated carbocycles. The molecule has 0 aliphatic heterocycles. The van der Waals surface area contributed by atoms with E-state index in [4.69, 9.17) is 17.5 Å². The van der Waals surface area contributed by atoms with Gasteiger partial charge in [-0.1, -0.05) is 18.2 Å². The topological polar surface area (TPSA) is 62.8 Å². The van der Waals surface area contributed by atoms with Crippen molar-refractivity contribution in [2.45, 2.75) is 0 Å². The molecule has 4 nitrogen and oxygen atoms in total. The SMILES string of the molecule is N/C(=N\Cl)NN=Cc1ccccc1F. The van der Waals surface area contributed by atoms with Crippen molar-refractivity contribution >= 4 is 24.0 Å². The number of hydrogen-bond acceptors (Lipinski definition) is 2. The monoisotopic (exact) mass is 214 g/mol. The molecule has 0 amide bonds. The second-order valence-corrected chi connectivity index (χ2v) is 2.53. The predicted octanol–water partition coefficient (Wildman–Crippen LogP) is 1.22. The van der Waals surface area contributed by atoms with Gasteiger partial charge in [0.2, 0.25) is 5.96 Å². The second kappa shape index (κ2) is 5.18. The molecule has 1 aromatic carbocycles. The Morgan fingerprint density at radius 1 is 1.50 bits per heavy atom. The van der Waals surface area contributed by atoms with Gasteiger partial charge in [0.15, 0.2) is 0 Å². The van der Waals surface area contributed by atoms with E-state index in [1.165, 1.54) is 12.3 Å². The molecule has 1 aromatic rings. The number of hydrazone groups is 1. The highest BCUT2D eigenvalue weighted by atomic mass is 35.5. The van der Waals surface area contributed by atoms with E-state index >= 15 is 0 Å². The van der Waals surface area contributed by atoms with E-state index < -0.39 is 0 Å². The number of nitrogens with zero attached hydrogens (tertiary/aromatic N) is 2. The van der Waals surface area contributed by atoms with Gasteiger partial charge >= 0.3 is 0 Å². The molecule has 0 heterocycles. The summed E-state index contributed by atoms with van der Waals surface area (Å²) in [4.78, 5) is 0. The summed E-state index contributed by atoms with van der Waals surface area (Å²) in [5.74, 6) is -0.418. The Morgan fingerprint density at radius 2 is 2.21 bits per heavy atom. The van der Waals surface area contributed by atoms with Crippen molar-refractivity contribution in [3.63, 3.8) is 0 Å². The molecule has 0 unspecified atom stereocenters. The van der Waals surface area contributed by atoms with Crippen LogP contribution in [-0.4, -0.2) is 12.2 Å². The van der Waals surface area contributed by atoms with Crippen LogP contribution < -0.4 is 11.2 Å². The van der Waals surface area contributed by atoms with Crippen LogP contribution in [0.1, 0.15) is 5.56 Å². The Balaban J connectivity index is 2.65. The van der Waals surface area contributed by atoms with Crippen molar-refractivity contribution in [2.75, 3.05) is 0 Å². The zero-order valence-electron chi connectivity index (χ0n) is 7.11. The van der Waals surface area contributed by atoms with Crippen LogP contribution in [0.2, 0.25) is 0 Å². The number of halogens is 2. The molecule has 0 radical (unpaired) electrons. The molecule has 0 aromatic heterocycles. The molecule has 0 fully saturated rings. The van der Waals surface area contributed by atoms with Gasteiger partial charge in [-0.05, 0) is 6.07 Å². The van der Waals surface area contributed by atoms with Crippen LogP contribution in [0, 0.1) is 5.82 Å². The first kappa shape index (κ1) is 10.5. The quantitative estimate of drug-likeness (QED) is 0.442. The molecular formula is C8H8ClFN4. The molecule has 14 heavy (non-hydrogen) atoms. The summed E-state index contributed by atoms with van der Waals surface area (Å²) in [5, 5.41) is 3.62. The van der Waals surface area contributed by atoms with E-state index in [0.717, 1.165) is 0 Å². The highest BCUT2D eigenvalue weighted by molar-refractivity contribution is 6.19. The molecular weight excluding hydrogens is 207 g/mol. The minimum atomic E-state index is -0.362. The summed E-state index contributed by atoms with van der Waals surface area (Å²) in [6.45, 7) is 0. The standard InChI is InChI=1S/C8H8ClFN4/c9-13-8(11)14-12-5-6-3-1-2-4-7(6)10/h1-5H,(H3,11,13,14). The Labute approximate surface area is 85.4 Å². The zero-order chi connectivity index (χ0) is 10.4. The molecule has 74 valence electrons. The molecule has 0 saturated heterocycles. The van der Waals surface area contributed by atoms with Gasteiger partial charge in [0, 0.05) is 17.3 Å². The minimum absolute atomic E-state index is 0.0562. The number of hydrogen-bond donors (Lipinski definition) is 2. The van der Waals surface area contributed by atoms with Gasteiger partial charge in [-0.2, -0.15) is 5.10 Å². The molecule has 0 aliphatic rings. The first-order valence-corrected chi connectivity index (χ1v) is 4.06. The van der Waals surface area contributed by atoms with Gasteiger partial charge < -0.3 is 5.73 Å². The summed E-state index contributed by atoms with van der Waals surface area (Å²) >= 11 is 5.02. The lowest BCUT2D eigenvalue weighted by molar-refractivity contribution is 0.626. The lowest BCUT2D eigenvalue weighted by atomic mass is 10.2. The van der Waals surface area contributed by atoms with E-state index in [0.29, 0.717) is 5.56 Å². The molecule has 0 atom stereocenters. The van der Waals surface area contributed by atoms with E-state index in [2.05, 4.69) is 15.0 Å². The predicted molar refractivity (Wildman–Crippen MR) is 54.6 cm³/mol. The van der Waals surface area contributed by atoms with Gasteiger partial charge in [0.1, 0.15) is 5.82 Å². The van der Waals surface area contributed by atoms with Crippen LogP contribution in [0.5, 0.6) is 0 Å². The Hall–Kier alpha value is -1.62. The third-order valence-electron chi connectivity index (χ3n) is 1.38. The summed E-state index contributed by atoms with van der Waals surface area (Å²) < 4.78 is 16.1. The highest BCUT2D eigenvalue weighted by Crippen LogP contribution is 2.02. The fourth-order valence-corrected chi connectivity index (χ4v) is 0.804. The van der Waals surface area contributed by atoms with Gasteiger partial charge in [-0.3, -0.25) is 0 Å². The van der Waals surface area contributed by atoms with E-state index in [1.54, 1.807) is 18.2 Å². The van der Waals surface area contributed by atoms with Crippen LogP contribution in [0.3, 0.4) is 0 Å². The Morgan fingerprint density at radius 3 is 2.86 bits per heavy atom. The van der Waals surface area contributed by atoms with Gasteiger partial charge in [-0.15, -0.1) is 4.51 Å². The molecule has 6 heteroatoms. The van der Waals surface area contributed by atoms with Crippen molar-refractivity contribution in [3.8, 4) is 0 Å². The Bertz CT molecular complexity index is 364. The minimum Gasteiger partial charge on any atom is -0.367 e. The Kier molecular flexibility index (Phi) is 3.87. The summed E-state index contributed by atoms with van der Waals surface area (Å²) in [6.07, 6.45) is 1.28. The van der Waals surface area contributed by atoms with Crippen LogP contribution in [0.4, 0.5) is 4.39 Å². The number of benzene rings is 1. The summed E-state index contributed by atoms with van der Waals surface area (Å²) in [5.41, 5.74) is 7.83. The fourth-order valence-electron chi connectivity index (χ4n) is 0.767. The molecule has 0 aliphatic carbocycles. The third-order valence-corrected chi connectivity index (χ3v) is 1.56. The first-order chi connectivity index (χ1) is 6.74. The largest absolute Gasteiger partial charge is 0.367 e. The normalized spacial score (nSPS) is 12.0. The van der Waals surface area contributed by atoms with Crippen LogP contribution in [-0.2, 0) is 0 Å². The van der Waals surface area contributed by atoms with E-state index in [1.807, 2.05) is 0 Å². The maximum atomic E-state index is 13.0. The fraction of sp³-hybridized carbons (Fsp3) is 0. The van der Waals surface area contributed by atoms with E-state index in [-0.39, 0.29) is 11.8 Å². The number of nitrogens with two attached hydrogens (primary N) is 1. The summed E-state index contributed by atoms with van der Waals surface area (Å²) in [6, 6.07) is 6.20. The maximum Gasteiger partial charge on any atom is 0.226 e.